The Morgan fingerprint density at radius 1 is 1.50 bits per heavy atom. The normalized spacial score (nSPS) is 23.7. The average Bonchev–Trinajstić information content (AvgIpc) is 2.35. The van der Waals surface area contributed by atoms with Crippen LogP contribution in [0, 0.1) is 18.7 Å². The molecule has 1 aromatic rings. The van der Waals surface area contributed by atoms with Gasteiger partial charge in [-0.1, -0.05) is 18.6 Å². The molecule has 98 valence electrons. The summed E-state index contributed by atoms with van der Waals surface area (Å²) in [5.74, 6) is -0.366. The third-order valence-corrected chi connectivity index (χ3v) is 3.51. The first kappa shape index (κ1) is 13.0. The molecule has 0 saturated carbocycles. The summed E-state index contributed by atoms with van der Waals surface area (Å²) >= 11 is 0. The predicted molar refractivity (Wildman–Crippen MR) is 69.0 cm³/mol. The second-order valence-corrected chi connectivity index (χ2v) is 5.03. The van der Waals surface area contributed by atoms with Crippen molar-refractivity contribution in [3.05, 3.63) is 35.1 Å². The molecule has 0 spiro atoms. The van der Waals surface area contributed by atoms with Crippen molar-refractivity contribution in [1.82, 2.24) is 10.6 Å². The number of hydrogen-bond acceptors (Lipinski definition) is 2. The highest BCUT2D eigenvalue weighted by molar-refractivity contribution is 5.94. The zero-order valence-electron chi connectivity index (χ0n) is 10.8. The molecule has 1 aliphatic rings. The van der Waals surface area contributed by atoms with Crippen LogP contribution in [0.5, 0.6) is 0 Å². The van der Waals surface area contributed by atoms with Crippen LogP contribution < -0.4 is 10.6 Å². The number of aryl methyl sites for hydroxylation is 1. The molecule has 2 rings (SSSR count). The van der Waals surface area contributed by atoms with E-state index in [0.29, 0.717) is 5.92 Å². The van der Waals surface area contributed by atoms with Gasteiger partial charge in [-0.2, -0.15) is 0 Å². The van der Waals surface area contributed by atoms with Gasteiger partial charge in [0.2, 0.25) is 0 Å². The predicted octanol–water partition coefficient (Wildman–Crippen LogP) is 1.86. The van der Waals surface area contributed by atoms with Gasteiger partial charge in [0.05, 0.1) is 5.56 Å². The number of rotatable bonds is 2. The number of carbonyl (C=O) groups excluding carboxylic acids is 1. The van der Waals surface area contributed by atoms with Crippen LogP contribution in [-0.4, -0.2) is 25.0 Å². The molecule has 18 heavy (non-hydrogen) atoms. The number of benzene rings is 1. The number of piperidine rings is 1. The summed E-state index contributed by atoms with van der Waals surface area (Å²) in [5, 5.41) is 6.15. The van der Waals surface area contributed by atoms with Crippen LogP contribution in [0.2, 0.25) is 0 Å². The first-order valence-electron chi connectivity index (χ1n) is 6.35. The smallest absolute Gasteiger partial charge is 0.254 e. The molecule has 0 aliphatic carbocycles. The second-order valence-electron chi connectivity index (χ2n) is 5.03. The third-order valence-electron chi connectivity index (χ3n) is 3.51. The molecule has 1 saturated heterocycles. The van der Waals surface area contributed by atoms with Gasteiger partial charge in [-0.05, 0) is 37.9 Å². The molecule has 0 radical (unpaired) electrons. The molecule has 0 bridgehead atoms. The Morgan fingerprint density at radius 3 is 3.00 bits per heavy atom. The number of nitrogens with one attached hydrogen (secondary N) is 2. The molecule has 1 heterocycles. The maximum absolute atomic E-state index is 13.6. The van der Waals surface area contributed by atoms with E-state index in [2.05, 4.69) is 17.6 Å². The van der Waals surface area contributed by atoms with Crippen molar-refractivity contribution in [2.24, 2.45) is 5.92 Å². The molecular weight excluding hydrogens is 231 g/mol. The van der Waals surface area contributed by atoms with Gasteiger partial charge in [0.25, 0.3) is 5.91 Å². The first-order chi connectivity index (χ1) is 8.58. The molecule has 0 aromatic heterocycles. The summed E-state index contributed by atoms with van der Waals surface area (Å²) in [6.07, 6.45) is 1.03. The maximum Gasteiger partial charge on any atom is 0.254 e. The van der Waals surface area contributed by atoms with E-state index in [1.807, 2.05) is 6.92 Å². The largest absolute Gasteiger partial charge is 0.348 e. The topological polar surface area (TPSA) is 41.1 Å². The van der Waals surface area contributed by atoms with Crippen LogP contribution in [0.15, 0.2) is 18.2 Å². The van der Waals surface area contributed by atoms with Gasteiger partial charge in [-0.25, -0.2) is 4.39 Å². The lowest BCUT2D eigenvalue weighted by Gasteiger charge is -2.30. The summed E-state index contributed by atoms with van der Waals surface area (Å²) in [6.45, 7) is 5.69. The third kappa shape index (κ3) is 2.88. The Labute approximate surface area is 107 Å². The van der Waals surface area contributed by atoms with Gasteiger partial charge in [-0.3, -0.25) is 4.79 Å². The number of halogens is 1. The van der Waals surface area contributed by atoms with Crippen LogP contribution in [0.4, 0.5) is 4.39 Å². The fourth-order valence-corrected chi connectivity index (χ4v) is 2.24. The Kier molecular flexibility index (Phi) is 3.97. The molecule has 1 fully saturated rings. The van der Waals surface area contributed by atoms with E-state index in [0.717, 1.165) is 25.1 Å². The summed E-state index contributed by atoms with van der Waals surface area (Å²) in [7, 11) is 0. The van der Waals surface area contributed by atoms with Gasteiger partial charge in [0.1, 0.15) is 5.82 Å². The monoisotopic (exact) mass is 250 g/mol. The van der Waals surface area contributed by atoms with Gasteiger partial charge in [0.15, 0.2) is 0 Å². The molecule has 3 nitrogen and oxygen atoms in total. The number of carbonyl (C=O) groups is 1. The van der Waals surface area contributed by atoms with Gasteiger partial charge >= 0.3 is 0 Å². The summed E-state index contributed by atoms with van der Waals surface area (Å²) in [5.41, 5.74) is 1.02. The van der Waals surface area contributed by atoms with Crippen molar-refractivity contribution < 1.29 is 9.18 Å². The number of hydrogen-bond donors (Lipinski definition) is 2. The van der Waals surface area contributed by atoms with Crippen molar-refractivity contribution in [2.75, 3.05) is 13.1 Å². The molecule has 1 aromatic carbocycles. The Bertz CT molecular complexity index is 447. The minimum Gasteiger partial charge on any atom is -0.348 e. The highest BCUT2D eigenvalue weighted by atomic mass is 19.1. The van der Waals surface area contributed by atoms with Crippen LogP contribution in [0.25, 0.3) is 0 Å². The second kappa shape index (κ2) is 5.48. The number of amides is 1. The van der Waals surface area contributed by atoms with E-state index in [9.17, 15) is 9.18 Å². The van der Waals surface area contributed by atoms with E-state index >= 15 is 0 Å². The molecule has 4 heteroatoms. The standard InChI is InChI=1S/C14H19FN2O/c1-9-3-4-12(15)11(7-9)14(18)17-13-8-16-6-5-10(13)2/h3-4,7,10,13,16H,5-6,8H2,1-2H3,(H,17,18). The zero-order valence-corrected chi connectivity index (χ0v) is 10.8. The van der Waals surface area contributed by atoms with Crippen molar-refractivity contribution in [1.29, 1.82) is 0 Å². The highest BCUT2D eigenvalue weighted by Gasteiger charge is 2.24. The molecule has 2 N–H and O–H groups in total. The lowest BCUT2D eigenvalue weighted by Crippen LogP contribution is -2.50. The van der Waals surface area contributed by atoms with E-state index in [1.165, 1.54) is 6.07 Å². The zero-order chi connectivity index (χ0) is 13.1. The molecule has 1 aliphatic heterocycles. The van der Waals surface area contributed by atoms with E-state index < -0.39 is 5.82 Å². The average molecular weight is 250 g/mol. The maximum atomic E-state index is 13.6. The quantitative estimate of drug-likeness (QED) is 0.841. The fourth-order valence-electron chi connectivity index (χ4n) is 2.24. The fraction of sp³-hybridized carbons (Fsp3) is 0.500. The van der Waals surface area contributed by atoms with Gasteiger partial charge in [-0.15, -0.1) is 0 Å². The van der Waals surface area contributed by atoms with Crippen LogP contribution >= 0.6 is 0 Å². The highest BCUT2D eigenvalue weighted by Crippen LogP contribution is 2.14. The Morgan fingerprint density at radius 2 is 2.28 bits per heavy atom. The van der Waals surface area contributed by atoms with Crippen molar-refractivity contribution >= 4 is 5.91 Å². The summed E-state index contributed by atoms with van der Waals surface area (Å²) in [4.78, 5) is 12.1. The first-order valence-corrected chi connectivity index (χ1v) is 6.35. The van der Waals surface area contributed by atoms with Crippen LogP contribution in [0.1, 0.15) is 29.3 Å². The van der Waals surface area contributed by atoms with E-state index in [1.54, 1.807) is 12.1 Å². The molecular formula is C14H19FN2O. The van der Waals surface area contributed by atoms with E-state index in [-0.39, 0.29) is 17.5 Å². The Balaban J connectivity index is 2.09. The lowest BCUT2D eigenvalue weighted by atomic mass is 9.94. The van der Waals surface area contributed by atoms with Crippen LogP contribution in [-0.2, 0) is 0 Å². The SMILES string of the molecule is Cc1ccc(F)c(C(=O)NC2CNCCC2C)c1. The van der Waals surface area contributed by atoms with Gasteiger partial charge < -0.3 is 10.6 Å². The van der Waals surface area contributed by atoms with Crippen molar-refractivity contribution in [3.8, 4) is 0 Å². The van der Waals surface area contributed by atoms with Crippen LogP contribution in [0.3, 0.4) is 0 Å². The van der Waals surface area contributed by atoms with Crippen molar-refractivity contribution in [3.63, 3.8) is 0 Å². The molecule has 1 amide bonds. The lowest BCUT2D eigenvalue weighted by molar-refractivity contribution is 0.0911. The summed E-state index contributed by atoms with van der Waals surface area (Å²) < 4.78 is 13.6. The Hall–Kier alpha value is -1.42. The van der Waals surface area contributed by atoms with Gasteiger partial charge in [0, 0.05) is 12.6 Å². The minimum atomic E-state index is -0.463. The van der Waals surface area contributed by atoms with E-state index in [4.69, 9.17) is 0 Å². The minimum absolute atomic E-state index is 0.0752. The van der Waals surface area contributed by atoms with Crippen molar-refractivity contribution in [2.45, 2.75) is 26.3 Å². The summed E-state index contributed by atoms with van der Waals surface area (Å²) in [6, 6.07) is 4.67. The molecule has 2 atom stereocenters. The molecule has 2 unspecified atom stereocenters.